The molecule has 2 amide bonds. The van der Waals surface area contributed by atoms with Crippen LogP contribution in [0.1, 0.15) is 19.3 Å². The quantitative estimate of drug-likeness (QED) is 0.411. The summed E-state index contributed by atoms with van der Waals surface area (Å²) < 4.78 is 13.7. The van der Waals surface area contributed by atoms with E-state index in [0.717, 1.165) is 21.3 Å². The van der Waals surface area contributed by atoms with Gasteiger partial charge in [-0.05, 0) is 6.42 Å². The Morgan fingerprint density at radius 1 is 1.12 bits per heavy atom. The van der Waals surface area contributed by atoms with Crippen molar-refractivity contribution in [1.29, 1.82) is 0 Å². The molecular weight excluding hydrogens is 324 g/mol. The summed E-state index contributed by atoms with van der Waals surface area (Å²) in [6.45, 7) is 0. The summed E-state index contributed by atoms with van der Waals surface area (Å²) in [7, 11) is 3.28. The smallest absolute Gasteiger partial charge is 0.329 e. The molecule has 1 aliphatic rings. The van der Waals surface area contributed by atoms with Crippen LogP contribution in [0.25, 0.3) is 0 Å². The van der Waals surface area contributed by atoms with Gasteiger partial charge in [-0.25, -0.2) is 4.79 Å². The molecule has 134 valence electrons. The third-order valence-electron chi connectivity index (χ3n) is 3.59. The second-order valence-corrected chi connectivity index (χ2v) is 5.08. The van der Waals surface area contributed by atoms with E-state index >= 15 is 0 Å². The van der Waals surface area contributed by atoms with Crippen molar-refractivity contribution >= 4 is 29.7 Å². The monoisotopic (exact) mass is 344 g/mol. The zero-order chi connectivity index (χ0) is 18.3. The van der Waals surface area contributed by atoms with Crippen LogP contribution in [0.3, 0.4) is 0 Å². The lowest BCUT2D eigenvalue weighted by atomic mass is 9.95. The first-order chi connectivity index (χ1) is 11.3. The highest BCUT2D eigenvalue weighted by molar-refractivity contribution is 5.95. The molecule has 0 spiro atoms. The molecule has 0 aromatic rings. The molecule has 0 unspecified atom stereocenters. The third-order valence-corrected chi connectivity index (χ3v) is 3.59. The molecule has 0 saturated carbocycles. The van der Waals surface area contributed by atoms with Crippen LogP contribution in [0.5, 0.6) is 0 Å². The number of amides is 2. The number of carbonyl (C=O) groups excluding carboxylic acids is 5. The van der Waals surface area contributed by atoms with E-state index in [0.29, 0.717) is 0 Å². The number of methoxy groups -OCH3 is 3. The Morgan fingerprint density at radius 2 is 1.75 bits per heavy atom. The lowest BCUT2D eigenvalue weighted by Crippen LogP contribution is -2.54. The molecule has 2 N–H and O–H groups in total. The van der Waals surface area contributed by atoms with Crippen LogP contribution in [0.2, 0.25) is 0 Å². The van der Waals surface area contributed by atoms with Crippen molar-refractivity contribution in [1.82, 2.24) is 10.6 Å². The predicted octanol–water partition coefficient (Wildman–Crippen LogP) is -1.72. The molecule has 1 rings (SSSR count). The Bertz CT molecular complexity index is 533. The summed E-state index contributed by atoms with van der Waals surface area (Å²) in [5.74, 6) is -4.84. The number of esters is 3. The Balaban J connectivity index is 2.96. The van der Waals surface area contributed by atoms with Crippen LogP contribution < -0.4 is 10.6 Å². The lowest BCUT2D eigenvalue weighted by Gasteiger charge is -2.24. The van der Waals surface area contributed by atoms with Crippen LogP contribution in [-0.4, -0.2) is 63.1 Å². The topological polar surface area (TPSA) is 137 Å². The normalized spacial score (nSPS) is 18.8. The van der Waals surface area contributed by atoms with Gasteiger partial charge in [0.05, 0.1) is 33.7 Å². The van der Waals surface area contributed by atoms with Crippen molar-refractivity contribution in [3.8, 4) is 0 Å². The van der Waals surface area contributed by atoms with Crippen LogP contribution in [0.15, 0.2) is 0 Å². The second-order valence-electron chi connectivity index (χ2n) is 5.08. The van der Waals surface area contributed by atoms with E-state index in [1.807, 2.05) is 0 Å². The summed E-state index contributed by atoms with van der Waals surface area (Å²) >= 11 is 0. The van der Waals surface area contributed by atoms with Crippen LogP contribution >= 0.6 is 0 Å². The van der Waals surface area contributed by atoms with Gasteiger partial charge in [0.15, 0.2) is 0 Å². The van der Waals surface area contributed by atoms with Gasteiger partial charge in [-0.3, -0.25) is 19.2 Å². The van der Waals surface area contributed by atoms with E-state index in [9.17, 15) is 24.0 Å². The Labute approximate surface area is 138 Å². The summed E-state index contributed by atoms with van der Waals surface area (Å²) in [5, 5.41) is 4.78. The van der Waals surface area contributed by atoms with E-state index < -0.39 is 48.2 Å². The predicted molar refractivity (Wildman–Crippen MR) is 77.3 cm³/mol. The number of nitrogens with one attached hydrogen (secondary N) is 2. The number of ether oxygens (including phenoxy) is 3. The fraction of sp³-hybridized carbons (Fsp3) is 0.643. The Kier molecular flexibility index (Phi) is 7.15. The first kappa shape index (κ1) is 19.4. The SMILES string of the molecule is COC(=O)C[C@H](C(=O)OC)[C@H](NC(=O)[C@@H]1CCC(=O)N1)C(=O)OC. The van der Waals surface area contributed by atoms with Gasteiger partial charge in [-0.1, -0.05) is 0 Å². The molecule has 1 aliphatic heterocycles. The molecule has 1 saturated heterocycles. The maximum Gasteiger partial charge on any atom is 0.329 e. The van der Waals surface area contributed by atoms with Crippen molar-refractivity contribution in [3.63, 3.8) is 0 Å². The number of hydrogen-bond acceptors (Lipinski definition) is 8. The highest BCUT2D eigenvalue weighted by Gasteiger charge is 2.40. The minimum absolute atomic E-state index is 0.184. The fourth-order valence-electron chi connectivity index (χ4n) is 2.27. The maximum absolute atomic E-state index is 12.2. The average molecular weight is 344 g/mol. The van der Waals surface area contributed by atoms with Crippen LogP contribution in [0.4, 0.5) is 0 Å². The van der Waals surface area contributed by atoms with Crippen molar-refractivity contribution in [2.75, 3.05) is 21.3 Å². The summed E-state index contributed by atoms with van der Waals surface area (Å²) in [4.78, 5) is 58.8. The zero-order valence-electron chi connectivity index (χ0n) is 13.6. The van der Waals surface area contributed by atoms with Crippen molar-refractivity contribution in [2.45, 2.75) is 31.3 Å². The van der Waals surface area contributed by atoms with E-state index in [4.69, 9.17) is 0 Å². The highest BCUT2D eigenvalue weighted by atomic mass is 16.5. The molecule has 1 heterocycles. The van der Waals surface area contributed by atoms with Gasteiger partial charge in [-0.15, -0.1) is 0 Å². The minimum atomic E-state index is -1.45. The van der Waals surface area contributed by atoms with Gasteiger partial charge >= 0.3 is 17.9 Å². The fourth-order valence-corrected chi connectivity index (χ4v) is 2.27. The number of carbonyl (C=O) groups is 5. The van der Waals surface area contributed by atoms with E-state index in [1.54, 1.807) is 0 Å². The number of hydrogen-bond donors (Lipinski definition) is 2. The van der Waals surface area contributed by atoms with Crippen molar-refractivity contribution in [2.24, 2.45) is 5.92 Å². The highest BCUT2D eigenvalue weighted by Crippen LogP contribution is 2.16. The van der Waals surface area contributed by atoms with Gasteiger partial charge < -0.3 is 24.8 Å². The molecule has 1 fully saturated rings. The summed E-state index contributed by atoms with van der Waals surface area (Å²) in [6.07, 6.45) is -0.0394. The van der Waals surface area contributed by atoms with Gasteiger partial charge in [-0.2, -0.15) is 0 Å². The van der Waals surface area contributed by atoms with Crippen molar-refractivity contribution < 1.29 is 38.2 Å². The van der Waals surface area contributed by atoms with Crippen LogP contribution in [-0.2, 0) is 38.2 Å². The van der Waals surface area contributed by atoms with Gasteiger partial charge in [0.2, 0.25) is 11.8 Å². The molecule has 0 aromatic carbocycles. The first-order valence-corrected chi connectivity index (χ1v) is 7.16. The molecule has 3 atom stereocenters. The van der Waals surface area contributed by atoms with Crippen molar-refractivity contribution in [3.05, 3.63) is 0 Å². The average Bonchev–Trinajstić information content (AvgIpc) is 3.02. The van der Waals surface area contributed by atoms with E-state index in [1.165, 1.54) is 0 Å². The summed E-state index contributed by atoms with van der Waals surface area (Å²) in [6, 6.07) is -2.27. The first-order valence-electron chi connectivity index (χ1n) is 7.16. The maximum atomic E-state index is 12.2. The zero-order valence-corrected chi connectivity index (χ0v) is 13.6. The lowest BCUT2D eigenvalue weighted by molar-refractivity contribution is -0.159. The van der Waals surface area contributed by atoms with E-state index in [-0.39, 0.29) is 18.7 Å². The molecule has 0 radical (unpaired) electrons. The molecular formula is C14H20N2O8. The molecule has 24 heavy (non-hydrogen) atoms. The number of rotatable bonds is 7. The molecule has 10 heteroatoms. The minimum Gasteiger partial charge on any atom is -0.469 e. The van der Waals surface area contributed by atoms with Gasteiger partial charge in [0, 0.05) is 6.42 Å². The summed E-state index contributed by atoms with van der Waals surface area (Å²) in [5.41, 5.74) is 0. The second kappa shape index (κ2) is 8.85. The Morgan fingerprint density at radius 3 is 2.21 bits per heavy atom. The Hall–Kier alpha value is -2.65. The standard InChI is InChI=1S/C14H20N2O8/c1-22-10(18)6-7(13(20)23-2)11(14(21)24-3)16-12(19)8-4-5-9(17)15-8/h7-8,11H,4-6H2,1-3H3,(H,15,17)(H,16,19)/t7-,8-,11-/m0/s1. The van der Waals surface area contributed by atoms with Gasteiger partial charge in [0.1, 0.15) is 12.1 Å². The molecule has 10 nitrogen and oxygen atoms in total. The third kappa shape index (κ3) is 4.93. The van der Waals surface area contributed by atoms with Crippen LogP contribution in [0, 0.1) is 5.92 Å². The van der Waals surface area contributed by atoms with Gasteiger partial charge in [0.25, 0.3) is 0 Å². The largest absolute Gasteiger partial charge is 0.469 e. The molecule has 0 aromatic heterocycles. The molecule has 0 bridgehead atoms. The molecule has 0 aliphatic carbocycles. The van der Waals surface area contributed by atoms with E-state index in [2.05, 4.69) is 24.8 Å².